The normalized spacial score (nSPS) is 21.8. The predicted molar refractivity (Wildman–Crippen MR) is 58.5 cm³/mol. The number of alkyl halides is 2. The van der Waals surface area contributed by atoms with Gasteiger partial charge in [0.15, 0.2) is 0 Å². The number of hydrogen-bond donors (Lipinski definition) is 0. The number of thiophene rings is 1. The van der Waals surface area contributed by atoms with Crippen molar-refractivity contribution in [3.05, 3.63) is 21.9 Å². The molecule has 1 aliphatic heterocycles. The third kappa shape index (κ3) is 2.98. The van der Waals surface area contributed by atoms with Gasteiger partial charge in [0.1, 0.15) is 0 Å². The highest BCUT2D eigenvalue weighted by atomic mass is 32.1. The van der Waals surface area contributed by atoms with Crippen LogP contribution in [-0.2, 0) is 6.54 Å². The Balaban J connectivity index is 1.95. The molecule has 1 aromatic rings. The van der Waals surface area contributed by atoms with Gasteiger partial charge in [-0.15, -0.1) is 11.3 Å². The van der Waals surface area contributed by atoms with Gasteiger partial charge in [0, 0.05) is 22.7 Å². The fourth-order valence-electron chi connectivity index (χ4n) is 1.97. The SMILES string of the molecule is Cc1ccc(CN2CCCC(F)(F)C2)s1. The second-order valence-corrected chi connectivity index (χ2v) is 5.55. The summed E-state index contributed by atoms with van der Waals surface area (Å²) >= 11 is 1.69. The molecule has 1 fully saturated rings. The number of nitrogens with zero attached hydrogens (tertiary/aromatic N) is 1. The maximum absolute atomic E-state index is 13.1. The second kappa shape index (κ2) is 4.18. The summed E-state index contributed by atoms with van der Waals surface area (Å²) in [5.41, 5.74) is 0. The van der Waals surface area contributed by atoms with Crippen molar-refractivity contribution in [2.45, 2.75) is 32.2 Å². The van der Waals surface area contributed by atoms with E-state index in [9.17, 15) is 8.78 Å². The molecule has 0 radical (unpaired) electrons. The van der Waals surface area contributed by atoms with E-state index in [1.165, 1.54) is 9.75 Å². The number of likely N-dealkylation sites (tertiary alicyclic amines) is 1. The van der Waals surface area contributed by atoms with Crippen LogP contribution in [0.15, 0.2) is 12.1 Å². The molecule has 15 heavy (non-hydrogen) atoms. The average molecular weight is 231 g/mol. The molecule has 1 aliphatic rings. The lowest BCUT2D eigenvalue weighted by Gasteiger charge is -2.31. The van der Waals surface area contributed by atoms with Gasteiger partial charge < -0.3 is 0 Å². The highest BCUT2D eigenvalue weighted by molar-refractivity contribution is 7.11. The third-order valence-corrected chi connectivity index (χ3v) is 3.63. The minimum atomic E-state index is -2.48. The van der Waals surface area contributed by atoms with Gasteiger partial charge in [-0.05, 0) is 32.0 Å². The Morgan fingerprint density at radius 2 is 2.27 bits per heavy atom. The van der Waals surface area contributed by atoms with E-state index in [4.69, 9.17) is 0 Å². The van der Waals surface area contributed by atoms with Crippen LogP contribution >= 0.6 is 11.3 Å². The van der Waals surface area contributed by atoms with Crippen LogP contribution in [0.2, 0.25) is 0 Å². The van der Waals surface area contributed by atoms with Crippen LogP contribution in [0.3, 0.4) is 0 Å². The Hall–Kier alpha value is -0.480. The molecular weight excluding hydrogens is 216 g/mol. The van der Waals surface area contributed by atoms with Gasteiger partial charge in [0.2, 0.25) is 0 Å². The predicted octanol–water partition coefficient (Wildman–Crippen LogP) is 3.29. The Labute approximate surface area is 92.7 Å². The van der Waals surface area contributed by atoms with Crippen molar-refractivity contribution in [1.29, 1.82) is 0 Å². The average Bonchev–Trinajstić information content (AvgIpc) is 2.49. The van der Waals surface area contributed by atoms with Gasteiger partial charge in [-0.3, -0.25) is 4.90 Å². The van der Waals surface area contributed by atoms with Crippen molar-refractivity contribution >= 4 is 11.3 Å². The highest BCUT2D eigenvalue weighted by Gasteiger charge is 2.34. The van der Waals surface area contributed by atoms with Crippen LogP contribution < -0.4 is 0 Å². The van der Waals surface area contributed by atoms with Gasteiger partial charge in [0.25, 0.3) is 5.92 Å². The molecule has 2 rings (SSSR count). The van der Waals surface area contributed by atoms with Gasteiger partial charge in [0.05, 0.1) is 6.54 Å². The lowest BCUT2D eigenvalue weighted by Crippen LogP contribution is -2.41. The molecule has 0 amide bonds. The van der Waals surface area contributed by atoms with Gasteiger partial charge in [-0.2, -0.15) is 0 Å². The zero-order valence-corrected chi connectivity index (χ0v) is 9.62. The van der Waals surface area contributed by atoms with Crippen LogP contribution in [0.1, 0.15) is 22.6 Å². The summed E-state index contributed by atoms with van der Waals surface area (Å²) in [5.74, 6) is -2.48. The smallest absolute Gasteiger partial charge is 0.260 e. The summed E-state index contributed by atoms with van der Waals surface area (Å²) < 4.78 is 26.2. The fraction of sp³-hybridized carbons (Fsp3) is 0.636. The number of piperidine rings is 1. The van der Waals surface area contributed by atoms with Gasteiger partial charge in [-0.25, -0.2) is 8.78 Å². The molecule has 84 valence electrons. The first-order valence-corrected chi connectivity index (χ1v) is 6.02. The monoisotopic (exact) mass is 231 g/mol. The van der Waals surface area contributed by atoms with E-state index in [0.29, 0.717) is 13.0 Å². The number of aryl methyl sites for hydroxylation is 1. The summed E-state index contributed by atoms with van der Waals surface area (Å²) in [6.45, 7) is 3.43. The topological polar surface area (TPSA) is 3.24 Å². The molecule has 0 aliphatic carbocycles. The van der Waals surface area contributed by atoms with E-state index in [0.717, 1.165) is 6.54 Å². The number of halogens is 2. The van der Waals surface area contributed by atoms with Crippen LogP contribution in [0.5, 0.6) is 0 Å². The summed E-state index contributed by atoms with van der Waals surface area (Å²) in [4.78, 5) is 4.29. The number of hydrogen-bond acceptors (Lipinski definition) is 2. The van der Waals surface area contributed by atoms with Crippen LogP contribution in [0.4, 0.5) is 8.78 Å². The van der Waals surface area contributed by atoms with Crippen molar-refractivity contribution in [3.63, 3.8) is 0 Å². The molecule has 0 bridgehead atoms. The van der Waals surface area contributed by atoms with Crippen molar-refractivity contribution in [2.24, 2.45) is 0 Å². The van der Waals surface area contributed by atoms with Crippen LogP contribution in [0.25, 0.3) is 0 Å². The molecule has 4 heteroatoms. The lowest BCUT2D eigenvalue weighted by atomic mass is 10.1. The largest absolute Gasteiger partial charge is 0.292 e. The molecule has 0 atom stereocenters. The third-order valence-electron chi connectivity index (χ3n) is 2.65. The molecule has 0 saturated carbocycles. The van der Waals surface area contributed by atoms with Crippen molar-refractivity contribution in [3.8, 4) is 0 Å². The van der Waals surface area contributed by atoms with Crippen molar-refractivity contribution < 1.29 is 8.78 Å². The quantitative estimate of drug-likeness (QED) is 0.755. The van der Waals surface area contributed by atoms with E-state index in [1.54, 1.807) is 11.3 Å². The first kappa shape index (κ1) is 11.0. The van der Waals surface area contributed by atoms with E-state index < -0.39 is 5.92 Å². The van der Waals surface area contributed by atoms with E-state index in [2.05, 4.69) is 0 Å². The van der Waals surface area contributed by atoms with E-state index in [1.807, 2.05) is 24.0 Å². The minimum Gasteiger partial charge on any atom is -0.292 e. The van der Waals surface area contributed by atoms with Crippen LogP contribution in [0, 0.1) is 6.92 Å². The van der Waals surface area contributed by atoms with Crippen LogP contribution in [-0.4, -0.2) is 23.9 Å². The zero-order chi connectivity index (χ0) is 10.9. The molecule has 2 heterocycles. The number of rotatable bonds is 2. The molecule has 0 N–H and O–H groups in total. The zero-order valence-electron chi connectivity index (χ0n) is 8.80. The minimum absolute atomic E-state index is 0.0486. The lowest BCUT2D eigenvalue weighted by molar-refractivity contribution is -0.0658. The standard InChI is InChI=1S/C11H15F2NS/c1-9-3-4-10(15-9)7-14-6-2-5-11(12,13)8-14/h3-4H,2,5-8H2,1H3. The maximum Gasteiger partial charge on any atom is 0.260 e. The molecular formula is C11H15F2NS. The van der Waals surface area contributed by atoms with Crippen molar-refractivity contribution in [2.75, 3.05) is 13.1 Å². The first-order valence-electron chi connectivity index (χ1n) is 5.21. The summed E-state index contributed by atoms with van der Waals surface area (Å²) in [7, 11) is 0. The molecule has 0 unspecified atom stereocenters. The summed E-state index contributed by atoms with van der Waals surface area (Å²) in [6.07, 6.45) is 0.657. The highest BCUT2D eigenvalue weighted by Crippen LogP contribution is 2.28. The van der Waals surface area contributed by atoms with E-state index >= 15 is 0 Å². The Bertz CT molecular complexity index is 335. The molecule has 1 aromatic heterocycles. The summed E-state index contributed by atoms with van der Waals surface area (Å²) in [6, 6.07) is 4.08. The maximum atomic E-state index is 13.1. The fourth-order valence-corrected chi connectivity index (χ4v) is 2.90. The Morgan fingerprint density at radius 3 is 2.87 bits per heavy atom. The molecule has 1 saturated heterocycles. The first-order chi connectivity index (χ1) is 7.05. The van der Waals surface area contributed by atoms with E-state index in [-0.39, 0.29) is 13.0 Å². The van der Waals surface area contributed by atoms with Gasteiger partial charge >= 0.3 is 0 Å². The molecule has 0 spiro atoms. The summed E-state index contributed by atoms with van der Waals surface area (Å²) in [5, 5.41) is 0. The van der Waals surface area contributed by atoms with Gasteiger partial charge in [-0.1, -0.05) is 0 Å². The van der Waals surface area contributed by atoms with Crippen molar-refractivity contribution in [1.82, 2.24) is 4.90 Å². The Kier molecular flexibility index (Phi) is 3.07. The second-order valence-electron chi connectivity index (χ2n) is 4.18. The molecule has 1 nitrogen and oxygen atoms in total. The Morgan fingerprint density at radius 1 is 1.47 bits per heavy atom. The molecule has 0 aromatic carbocycles.